The monoisotopic (exact) mass is 328 g/mol. The summed E-state index contributed by atoms with van der Waals surface area (Å²) in [7, 11) is 1.60. The topological polar surface area (TPSA) is 76.5 Å². The second-order valence-corrected chi connectivity index (χ2v) is 5.89. The van der Waals surface area contributed by atoms with Gasteiger partial charge in [0.25, 0.3) is 0 Å². The molecule has 0 unspecified atom stereocenters. The van der Waals surface area contributed by atoms with Gasteiger partial charge in [-0.15, -0.1) is 0 Å². The van der Waals surface area contributed by atoms with E-state index < -0.39 is 0 Å². The van der Waals surface area contributed by atoms with Crippen molar-refractivity contribution in [3.05, 3.63) is 42.2 Å². The van der Waals surface area contributed by atoms with Crippen molar-refractivity contribution in [2.75, 3.05) is 18.6 Å². The van der Waals surface area contributed by atoms with E-state index in [2.05, 4.69) is 10.4 Å². The van der Waals surface area contributed by atoms with Crippen molar-refractivity contribution in [2.45, 2.75) is 25.9 Å². The second-order valence-electron chi connectivity index (χ2n) is 5.89. The fraction of sp³-hybridized carbons (Fsp3) is 0.353. The van der Waals surface area contributed by atoms with Gasteiger partial charge < -0.3 is 15.0 Å². The first-order valence-corrected chi connectivity index (χ1v) is 7.78. The maximum atomic E-state index is 12.2. The standard InChI is InChI=1S/C17H20N4O3/c1-12-8-18-20(9-12)11-16(22)19-13-7-17(23)21(10-13)14-3-5-15(24-2)6-4-14/h3-6,8-9,13H,7,10-11H2,1-2H3,(H,19,22)/t13-/m0/s1. The van der Waals surface area contributed by atoms with E-state index in [1.54, 1.807) is 22.9 Å². The summed E-state index contributed by atoms with van der Waals surface area (Å²) < 4.78 is 6.71. The number of rotatable bonds is 5. The van der Waals surface area contributed by atoms with Crippen LogP contribution < -0.4 is 15.0 Å². The molecule has 0 spiro atoms. The molecule has 0 saturated carbocycles. The Hall–Kier alpha value is -2.83. The highest BCUT2D eigenvalue weighted by atomic mass is 16.5. The predicted octanol–water partition coefficient (Wildman–Crippen LogP) is 1.12. The van der Waals surface area contributed by atoms with Crippen molar-refractivity contribution in [1.82, 2.24) is 15.1 Å². The average Bonchev–Trinajstić information content (AvgIpc) is 3.13. The number of nitrogens with one attached hydrogen (secondary N) is 1. The molecule has 1 N–H and O–H groups in total. The first-order chi connectivity index (χ1) is 11.5. The number of aromatic nitrogens is 2. The number of ether oxygens (including phenoxy) is 1. The average molecular weight is 328 g/mol. The van der Waals surface area contributed by atoms with E-state index in [0.717, 1.165) is 17.0 Å². The SMILES string of the molecule is COc1ccc(N2C[C@@H](NC(=O)Cn3cc(C)cn3)CC2=O)cc1. The number of hydrogen-bond donors (Lipinski definition) is 1. The third-order valence-electron chi connectivity index (χ3n) is 3.94. The van der Waals surface area contributed by atoms with E-state index in [1.165, 1.54) is 0 Å². The number of hydrogen-bond acceptors (Lipinski definition) is 4. The molecular weight excluding hydrogens is 308 g/mol. The minimum Gasteiger partial charge on any atom is -0.497 e. The van der Waals surface area contributed by atoms with E-state index in [4.69, 9.17) is 4.74 Å². The molecule has 1 aromatic carbocycles. The van der Waals surface area contributed by atoms with Crippen LogP contribution in [-0.2, 0) is 16.1 Å². The summed E-state index contributed by atoms with van der Waals surface area (Å²) in [6.45, 7) is 2.54. The summed E-state index contributed by atoms with van der Waals surface area (Å²) in [4.78, 5) is 26.0. The van der Waals surface area contributed by atoms with Crippen LogP contribution in [0.1, 0.15) is 12.0 Å². The van der Waals surface area contributed by atoms with Gasteiger partial charge in [0.15, 0.2) is 0 Å². The van der Waals surface area contributed by atoms with Crippen LogP contribution in [-0.4, -0.2) is 41.3 Å². The Kier molecular flexibility index (Phi) is 4.50. The lowest BCUT2D eigenvalue weighted by Crippen LogP contribution is -2.39. The fourth-order valence-electron chi connectivity index (χ4n) is 2.79. The fourth-order valence-corrected chi connectivity index (χ4v) is 2.79. The molecule has 7 heteroatoms. The van der Waals surface area contributed by atoms with Crippen molar-refractivity contribution < 1.29 is 14.3 Å². The Morgan fingerprint density at radius 3 is 2.75 bits per heavy atom. The first kappa shape index (κ1) is 16.0. The lowest BCUT2D eigenvalue weighted by atomic mass is 10.2. The smallest absolute Gasteiger partial charge is 0.242 e. The molecule has 1 aliphatic heterocycles. The van der Waals surface area contributed by atoms with Crippen molar-refractivity contribution in [2.24, 2.45) is 0 Å². The Morgan fingerprint density at radius 2 is 2.12 bits per heavy atom. The third kappa shape index (κ3) is 3.56. The molecule has 126 valence electrons. The van der Waals surface area contributed by atoms with Crippen LogP contribution in [0.4, 0.5) is 5.69 Å². The number of nitrogens with zero attached hydrogens (tertiary/aromatic N) is 3. The zero-order valence-electron chi connectivity index (χ0n) is 13.7. The number of anilines is 1. The number of carbonyl (C=O) groups excluding carboxylic acids is 2. The molecule has 1 fully saturated rings. The zero-order valence-corrected chi connectivity index (χ0v) is 13.7. The van der Waals surface area contributed by atoms with Gasteiger partial charge >= 0.3 is 0 Å². The quantitative estimate of drug-likeness (QED) is 0.892. The minimum absolute atomic E-state index is 0.000371. The van der Waals surface area contributed by atoms with Crippen molar-refractivity contribution in [3.63, 3.8) is 0 Å². The van der Waals surface area contributed by atoms with Gasteiger partial charge in [-0.25, -0.2) is 0 Å². The summed E-state index contributed by atoms with van der Waals surface area (Å²) in [6.07, 6.45) is 3.82. The minimum atomic E-state index is -0.191. The van der Waals surface area contributed by atoms with Crippen LogP contribution in [0.15, 0.2) is 36.7 Å². The van der Waals surface area contributed by atoms with Crippen molar-refractivity contribution in [3.8, 4) is 5.75 Å². The maximum absolute atomic E-state index is 12.2. The predicted molar refractivity (Wildman–Crippen MR) is 88.9 cm³/mol. The first-order valence-electron chi connectivity index (χ1n) is 7.78. The van der Waals surface area contributed by atoms with Gasteiger partial charge in [0, 0.05) is 24.8 Å². The second kappa shape index (κ2) is 6.74. The number of amides is 2. The van der Waals surface area contributed by atoms with Gasteiger partial charge in [0.05, 0.1) is 19.3 Å². The summed E-state index contributed by atoms with van der Waals surface area (Å²) >= 11 is 0. The Morgan fingerprint density at radius 1 is 1.38 bits per heavy atom. The van der Waals surface area contributed by atoms with Crippen LogP contribution in [0.2, 0.25) is 0 Å². The van der Waals surface area contributed by atoms with Crippen LogP contribution in [0.5, 0.6) is 5.75 Å². The largest absolute Gasteiger partial charge is 0.497 e. The van der Waals surface area contributed by atoms with E-state index in [-0.39, 0.29) is 24.4 Å². The Bertz CT molecular complexity index is 739. The highest BCUT2D eigenvalue weighted by Crippen LogP contribution is 2.24. The van der Waals surface area contributed by atoms with Crippen LogP contribution >= 0.6 is 0 Å². The molecule has 1 aliphatic rings. The van der Waals surface area contributed by atoms with Crippen LogP contribution in [0, 0.1) is 6.92 Å². The molecule has 7 nitrogen and oxygen atoms in total. The van der Waals surface area contributed by atoms with E-state index in [0.29, 0.717) is 13.0 Å². The van der Waals surface area contributed by atoms with Crippen LogP contribution in [0.25, 0.3) is 0 Å². The van der Waals surface area contributed by atoms with E-state index in [9.17, 15) is 9.59 Å². The van der Waals surface area contributed by atoms with Crippen LogP contribution in [0.3, 0.4) is 0 Å². The van der Waals surface area contributed by atoms with Gasteiger partial charge in [0.2, 0.25) is 11.8 Å². The molecule has 3 rings (SSSR count). The molecule has 1 atom stereocenters. The molecule has 0 aliphatic carbocycles. The Balaban J connectivity index is 1.58. The maximum Gasteiger partial charge on any atom is 0.242 e. The van der Waals surface area contributed by atoms with Gasteiger partial charge in [-0.2, -0.15) is 5.10 Å². The summed E-state index contributed by atoms with van der Waals surface area (Å²) in [5.74, 6) is 0.595. The molecule has 2 aromatic rings. The summed E-state index contributed by atoms with van der Waals surface area (Å²) in [6, 6.07) is 7.12. The molecule has 0 radical (unpaired) electrons. The van der Waals surface area contributed by atoms with Gasteiger partial charge in [-0.3, -0.25) is 14.3 Å². The lowest BCUT2D eigenvalue weighted by Gasteiger charge is -2.17. The lowest BCUT2D eigenvalue weighted by molar-refractivity contribution is -0.122. The Labute approximate surface area is 140 Å². The van der Waals surface area contributed by atoms with Gasteiger partial charge in [-0.05, 0) is 36.8 Å². The highest BCUT2D eigenvalue weighted by Gasteiger charge is 2.31. The number of methoxy groups -OCH3 is 1. The molecule has 24 heavy (non-hydrogen) atoms. The molecule has 2 heterocycles. The third-order valence-corrected chi connectivity index (χ3v) is 3.94. The summed E-state index contributed by atoms with van der Waals surface area (Å²) in [5.41, 5.74) is 1.81. The number of carbonyl (C=O) groups is 2. The van der Waals surface area contributed by atoms with Crippen molar-refractivity contribution >= 4 is 17.5 Å². The van der Waals surface area contributed by atoms with Crippen molar-refractivity contribution in [1.29, 1.82) is 0 Å². The molecule has 1 aromatic heterocycles. The van der Waals surface area contributed by atoms with E-state index in [1.807, 2.05) is 37.4 Å². The molecule has 0 bridgehead atoms. The van der Waals surface area contributed by atoms with E-state index >= 15 is 0 Å². The molecule has 2 amide bonds. The molecular formula is C17H20N4O3. The zero-order chi connectivity index (χ0) is 17.1. The highest BCUT2D eigenvalue weighted by molar-refractivity contribution is 5.96. The number of benzene rings is 1. The molecule has 1 saturated heterocycles. The summed E-state index contributed by atoms with van der Waals surface area (Å²) in [5, 5.41) is 6.99. The number of aryl methyl sites for hydroxylation is 1. The normalized spacial score (nSPS) is 17.2. The van der Waals surface area contributed by atoms with Gasteiger partial charge in [0.1, 0.15) is 12.3 Å². The van der Waals surface area contributed by atoms with Gasteiger partial charge in [-0.1, -0.05) is 0 Å².